The minimum absolute atomic E-state index is 0.114. The lowest BCUT2D eigenvalue weighted by Gasteiger charge is -2.31. The summed E-state index contributed by atoms with van der Waals surface area (Å²) in [6, 6.07) is 0. The third-order valence-corrected chi connectivity index (χ3v) is 3.84. The van der Waals surface area contributed by atoms with Gasteiger partial charge in [0.05, 0.1) is 0 Å². The molecule has 4 nitrogen and oxygen atoms in total. The van der Waals surface area contributed by atoms with Crippen LogP contribution in [-0.2, 0) is 4.79 Å². The predicted octanol–water partition coefficient (Wildman–Crippen LogP) is 1.42. The Hall–Kier alpha value is -0.610. The van der Waals surface area contributed by atoms with Crippen LogP contribution in [0, 0.1) is 11.3 Å². The maximum absolute atomic E-state index is 11.6. The highest BCUT2D eigenvalue weighted by Gasteiger charge is 2.53. The molecule has 1 saturated carbocycles. The van der Waals surface area contributed by atoms with Gasteiger partial charge in [-0.2, -0.15) is 0 Å². The van der Waals surface area contributed by atoms with Crippen molar-refractivity contribution in [1.82, 2.24) is 10.2 Å². The highest BCUT2D eigenvalue weighted by atomic mass is 16.4. The van der Waals surface area contributed by atoms with E-state index >= 15 is 0 Å². The molecular formula is C13H26N2O2. The van der Waals surface area contributed by atoms with E-state index in [1.807, 2.05) is 21.0 Å². The van der Waals surface area contributed by atoms with Crippen LogP contribution < -0.4 is 5.32 Å². The monoisotopic (exact) mass is 242 g/mol. The van der Waals surface area contributed by atoms with Gasteiger partial charge in [0, 0.05) is 13.1 Å². The lowest BCUT2D eigenvalue weighted by Crippen LogP contribution is -2.55. The van der Waals surface area contributed by atoms with Gasteiger partial charge in [0.25, 0.3) is 0 Å². The molecule has 4 heteroatoms. The van der Waals surface area contributed by atoms with Crippen LogP contribution in [0.1, 0.15) is 33.6 Å². The average molecular weight is 242 g/mol. The standard InChI is InChI=1S/C13H26N2O2/c1-10-8-12(2,3)9-13(10,11(16)17)14-6-7-15(4)5/h10,14H,6-9H2,1-5H3,(H,16,17). The Kier molecular flexibility index (Phi) is 4.20. The zero-order chi connectivity index (χ0) is 13.3. The molecule has 0 aromatic heterocycles. The first-order valence-corrected chi connectivity index (χ1v) is 6.33. The van der Waals surface area contributed by atoms with Gasteiger partial charge in [-0.1, -0.05) is 20.8 Å². The van der Waals surface area contributed by atoms with E-state index in [2.05, 4.69) is 24.1 Å². The molecule has 0 aromatic carbocycles. The van der Waals surface area contributed by atoms with E-state index in [0.717, 1.165) is 19.5 Å². The van der Waals surface area contributed by atoms with Crippen molar-refractivity contribution in [3.05, 3.63) is 0 Å². The van der Waals surface area contributed by atoms with Crippen LogP contribution in [0.2, 0.25) is 0 Å². The maximum atomic E-state index is 11.6. The van der Waals surface area contributed by atoms with Crippen LogP contribution in [0.15, 0.2) is 0 Å². The third-order valence-electron chi connectivity index (χ3n) is 3.84. The molecule has 0 amide bonds. The Morgan fingerprint density at radius 1 is 1.47 bits per heavy atom. The van der Waals surface area contributed by atoms with Gasteiger partial charge in [-0.15, -0.1) is 0 Å². The molecule has 2 atom stereocenters. The summed E-state index contributed by atoms with van der Waals surface area (Å²) in [4.78, 5) is 13.7. The number of nitrogens with zero attached hydrogens (tertiary/aromatic N) is 1. The molecule has 0 bridgehead atoms. The van der Waals surface area contributed by atoms with Gasteiger partial charge >= 0.3 is 5.97 Å². The van der Waals surface area contributed by atoms with Crippen molar-refractivity contribution in [2.45, 2.75) is 39.2 Å². The molecular weight excluding hydrogens is 216 g/mol. The van der Waals surface area contributed by atoms with E-state index in [1.165, 1.54) is 0 Å². The second kappa shape index (κ2) is 4.94. The third kappa shape index (κ3) is 3.19. The number of carbonyl (C=O) groups is 1. The molecule has 1 aliphatic carbocycles. The number of hydrogen-bond donors (Lipinski definition) is 2. The van der Waals surface area contributed by atoms with Gasteiger partial charge in [-0.3, -0.25) is 4.79 Å². The quantitative estimate of drug-likeness (QED) is 0.765. The predicted molar refractivity (Wildman–Crippen MR) is 69.1 cm³/mol. The van der Waals surface area contributed by atoms with Gasteiger partial charge < -0.3 is 15.3 Å². The zero-order valence-corrected chi connectivity index (χ0v) is 11.7. The largest absolute Gasteiger partial charge is 0.480 e. The highest BCUT2D eigenvalue weighted by molar-refractivity contribution is 5.80. The molecule has 1 rings (SSSR count). The summed E-state index contributed by atoms with van der Waals surface area (Å²) in [5.41, 5.74) is -0.623. The van der Waals surface area contributed by atoms with E-state index in [0.29, 0.717) is 6.42 Å². The van der Waals surface area contributed by atoms with Crippen LogP contribution in [0.3, 0.4) is 0 Å². The summed E-state index contributed by atoms with van der Waals surface area (Å²) in [5.74, 6) is -0.522. The van der Waals surface area contributed by atoms with Gasteiger partial charge in [0.2, 0.25) is 0 Å². The van der Waals surface area contributed by atoms with E-state index in [9.17, 15) is 9.90 Å². The molecule has 0 saturated heterocycles. The van der Waals surface area contributed by atoms with Gasteiger partial charge in [-0.05, 0) is 38.3 Å². The SMILES string of the molecule is CC1CC(C)(C)CC1(NCCN(C)C)C(=O)O. The van der Waals surface area contributed by atoms with Gasteiger partial charge in [-0.25, -0.2) is 0 Å². The summed E-state index contributed by atoms with van der Waals surface area (Å²) < 4.78 is 0. The number of carboxylic acids is 1. The number of rotatable bonds is 5. The second-order valence-corrected chi connectivity index (χ2v) is 6.45. The minimum Gasteiger partial charge on any atom is -0.480 e. The van der Waals surface area contributed by atoms with Crippen molar-refractivity contribution in [2.75, 3.05) is 27.2 Å². The normalized spacial score (nSPS) is 32.0. The van der Waals surface area contributed by atoms with Crippen LogP contribution in [0.25, 0.3) is 0 Å². The molecule has 0 spiro atoms. The summed E-state index contributed by atoms with van der Waals surface area (Å²) in [7, 11) is 3.99. The molecule has 17 heavy (non-hydrogen) atoms. The Bertz CT molecular complexity index is 289. The molecule has 2 unspecified atom stereocenters. The Balaban J connectivity index is 2.74. The van der Waals surface area contributed by atoms with Gasteiger partial charge in [0.1, 0.15) is 5.54 Å². The smallest absolute Gasteiger partial charge is 0.324 e. The Morgan fingerprint density at radius 3 is 2.41 bits per heavy atom. The molecule has 0 aliphatic heterocycles. The maximum Gasteiger partial charge on any atom is 0.324 e. The molecule has 100 valence electrons. The van der Waals surface area contributed by atoms with Gasteiger partial charge in [0.15, 0.2) is 0 Å². The fraction of sp³-hybridized carbons (Fsp3) is 0.923. The van der Waals surface area contributed by atoms with Crippen molar-refractivity contribution in [1.29, 1.82) is 0 Å². The van der Waals surface area contributed by atoms with E-state index in [1.54, 1.807) is 0 Å². The van der Waals surface area contributed by atoms with E-state index < -0.39 is 11.5 Å². The molecule has 0 heterocycles. The summed E-state index contributed by atoms with van der Waals surface area (Å²) in [5, 5.41) is 12.8. The topological polar surface area (TPSA) is 52.6 Å². The first-order valence-electron chi connectivity index (χ1n) is 6.33. The fourth-order valence-corrected chi connectivity index (χ4v) is 3.11. The Labute approximate surface area is 104 Å². The van der Waals surface area contributed by atoms with Crippen molar-refractivity contribution in [3.63, 3.8) is 0 Å². The summed E-state index contributed by atoms with van der Waals surface area (Å²) in [6.07, 6.45) is 1.68. The first-order chi connectivity index (χ1) is 7.69. The second-order valence-electron chi connectivity index (χ2n) is 6.45. The Morgan fingerprint density at radius 2 is 2.06 bits per heavy atom. The lowest BCUT2D eigenvalue weighted by molar-refractivity contribution is -0.146. The molecule has 0 radical (unpaired) electrons. The summed E-state index contributed by atoms with van der Waals surface area (Å²) in [6.45, 7) is 7.94. The average Bonchev–Trinajstić information content (AvgIpc) is 2.36. The zero-order valence-electron chi connectivity index (χ0n) is 11.7. The van der Waals surface area contributed by atoms with Crippen molar-refractivity contribution >= 4 is 5.97 Å². The van der Waals surface area contributed by atoms with Crippen LogP contribution in [-0.4, -0.2) is 48.7 Å². The van der Waals surface area contributed by atoms with Crippen LogP contribution >= 0.6 is 0 Å². The number of hydrogen-bond acceptors (Lipinski definition) is 3. The van der Waals surface area contributed by atoms with Crippen molar-refractivity contribution < 1.29 is 9.90 Å². The molecule has 1 aliphatic rings. The van der Waals surface area contributed by atoms with Crippen LogP contribution in [0.5, 0.6) is 0 Å². The van der Waals surface area contributed by atoms with E-state index in [-0.39, 0.29) is 11.3 Å². The lowest BCUT2D eigenvalue weighted by atomic mass is 9.86. The molecule has 2 N–H and O–H groups in total. The minimum atomic E-state index is -0.737. The first kappa shape index (κ1) is 14.5. The molecule has 0 aromatic rings. The number of carboxylic acid groups (broad SMARTS) is 1. The van der Waals surface area contributed by atoms with Crippen LogP contribution in [0.4, 0.5) is 0 Å². The highest BCUT2D eigenvalue weighted by Crippen LogP contribution is 2.47. The number of aliphatic carboxylic acids is 1. The van der Waals surface area contributed by atoms with Crippen molar-refractivity contribution in [3.8, 4) is 0 Å². The molecule has 1 fully saturated rings. The number of likely N-dealkylation sites (N-methyl/N-ethyl adjacent to an activating group) is 1. The summed E-state index contributed by atoms with van der Waals surface area (Å²) >= 11 is 0. The number of nitrogens with one attached hydrogen (secondary N) is 1. The fourth-order valence-electron chi connectivity index (χ4n) is 3.11. The van der Waals surface area contributed by atoms with Crippen molar-refractivity contribution in [2.24, 2.45) is 11.3 Å². The van der Waals surface area contributed by atoms with E-state index in [4.69, 9.17) is 0 Å².